The molecule has 0 radical (unpaired) electrons. The molecular weight excluding hydrogens is 336 g/mol. The highest BCUT2D eigenvalue weighted by Gasteiger charge is 2.12. The fraction of sp³-hybridized carbons (Fsp3) is 0. The first kappa shape index (κ1) is 15.7. The Labute approximate surface area is 128 Å². The van der Waals surface area contributed by atoms with Gasteiger partial charge >= 0.3 is 0 Å². The van der Waals surface area contributed by atoms with Crippen molar-refractivity contribution >= 4 is 38.9 Å². The van der Waals surface area contributed by atoms with Gasteiger partial charge in [-0.2, -0.15) is 10.5 Å². The van der Waals surface area contributed by atoms with Gasteiger partial charge in [-0.15, -0.1) is 0 Å². The summed E-state index contributed by atoms with van der Waals surface area (Å²) in [7, 11) is 0. The lowest BCUT2D eigenvalue weighted by Gasteiger charge is -1.82. The van der Waals surface area contributed by atoms with E-state index >= 15 is 0 Å². The summed E-state index contributed by atoms with van der Waals surface area (Å²) in [6.07, 6.45) is 1.42. The molecular formula is C12H7BrN8. The number of aromatic nitrogens is 2. The zero-order valence-electron chi connectivity index (χ0n) is 10.4. The Morgan fingerprint density at radius 1 is 1.10 bits per heavy atom. The van der Waals surface area contributed by atoms with Crippen LogP contribution in [0.4, 0.5) is 23.0 Å². The van der Waals surface area contributed by atoms with Crippen LogP contribution >= 0.6 is 15.9 Å². The molecule has 0 saturated carbocycles. The molecule has 2 aromatic heterocycles. The van der Waals surface area contributed by atoms with E-state index in [2.05, 4.69) is 35.6 Å². The maximum atomic E-state index is 8.54. The number of rotatable bonds is 0. The molecule has 0 saturated heterocycles. The van der Waals surface area contributed by atoms with Gasteiger partial charge < -0.3 is 21.4 Å². The van der Waals surface area contributed by atoms with E-state index in [0.29, 0.717) is 10.2 Å². The Morgan fingerprint density at radius 3 is 2.10 bits per heavy atom. The molecule has 0 fully saturated rings. The van der Waals surface area contributed by atoms with E-state index in [1.54, 1.807) is 0 Å². The molecule has 0 amide bonds. The minimum Gasteiger partial charge on any atom is -0.394 e. The van der Waals surface area contributed by atoms with Crippen molar-refractivity contribution in [3.05, 3.63) is 44.8 Å². The van der Waals surface area contributed by atoms with Crippen LogP contribution in [0, 0.1) is 35.8 Å². The molecule has 9 heteroatoms. The van der Waals surface area contributed by atoms with Gasteiger partial charge in [0.25, 0.3) is 0 Å². The lowest BCUT2D eigenvalue weighted by Crippen LogP contribution is -1.81. The molecule has 0 aliphatic heterocycles. The van der Waals surface area contributed by atoms with Crippen molar-refractivity contribution in [3.63, 3.8) is 0 Å². The number of aromatic amines is 2. The first-order chi connectivity index (χ1) is 9.99. The normalized spacial score (nSPS) is 8.43. The first-order valence-electron chi connectivity index (χ1n) is 5.19. The second-order valence-corrected chi connectivity index (χ2v) is 4.28. The van der Waals surface area contributed by atoms with Gasteiger partial charge in [0.05, 0.1) is 41.0 Å². The SMILES string of the molecule is [C-]#[N+]c1c(C#N)c[nH]c1N.[C-]#[N+]c1c(N)[nH]c(Br)c1C#N. The molecule has 8 nitrogen and oxygen atoms in total. The van der Waals surface area contributed by atoms with E-state index < -0.39 is 0 Å². The summed E-state index contributed by atoms with van der Waals surface area (Å²) in [5.74, 6) is 0.481. The van der Waals surface area contributed by atoms with Gasteiger partial charge in [-0.25, -0.2) is 9.69 Å². The van der Waals surface area contributed by atoms with Crippen LogP contribution < -0.4 is 11.5 Å². The van der Waals surface area contributed by atoms with Crippen LogP contribution in [0.15, 0.2) is 10.8 Å². The van der Waals surface area contributed by atoms with E-state index in [4.69, 9.17) is 35.1 Å². The Morgan fingerprint density at radius 2 is 1.71 bits per heavy atom. The number of nitrogens with two attached hydrogens (primary N) is 2. The van der Waals surface area contributed by atoms with Crippen LogP contribution in [0.25, 0.3) is 9.69 Å². The number of hydrogen-bond donors (Lipinski definition) is 4. The average molecular weight is 343 g/mol. The van der Waals surface area contributed by atoms with Gasteiger partial charge in [-0.3, -0.25) is 0 Å². The van der Waals surface area contributed by atoms with Crippen molar-refractivity contribution in [3.8, 4) is 12.1 Å². The van der Waals surface area contributed by atoms with Crippen molar-refractivity contribution in [2.24, 2.45) is 0 Å². The van der Waals surface area contributed by atoms with Crippen molar-refractivity contribution in [1.82, 2.24) is 9.97 Å². The molecule has 102 valence electrons. The molecule has 6 N–H and O–H groups in total. The molecule has 2 heterocycles. The topological polar surface area (TPSA) is 140 Å². The zero-order chi connectivity index (χ0) is 16.0. The Balaban J connectivity index is 0.000000211. The zero-order valence-corrected chi connectivity index (χ0v) is 12.0. The lowest BCUT2D eigenvalue weighted by molar-refractivity contribution is 1.35. The number of nitriles is 2. The highest BCUT2D eigenvalue weighted by atomic mass is 79.9. The Kier molecular flexibility index (Phi) is 4.98. The van der Waals surface area contributed by atoms with E-state index in [9.17, 15) is 0 Å². The number of anilines is 2. The number of halogens is 1. The van der Waals surface area contributed by atoms with Gasteiger partial charge in [-0.1, -0.05) is 0 Å². The molecule has 2 rings (SSSR count). The summed E-state index contributed by atoms with van der Waals surface area (Å²) < 4.78 is 0.462. The van der Waals surface area contributed by atoms with Gasteiger partial charge in [0.2, 0.25) is 11.4 Å². The quantitative estimate of drug-likeness (QED) is 0.546. The van der Waals surface area contributed by atoms with Crippen LogP contribution in [-0.2, 0) is 0 Å². The molecule has 0 aromatic carbocycles. The second kappa shape index (κ2) is 6.68. The fourth-order valence-electron chi connectivity index (χ4n) is 1.33. The number of nitrogens with one attached hydrogen (secondary N) is 2. The van der Waals surface area contributed by atoms with E-state index in [1.165, 1.54) is 6.20 Å². The van der Waals surface area contributed by atoms with E-state index in [1.807, 2.05) is 12.1 Å². The third-order valence-electron chi connectivity index (χ3n) is 2.29. The molecule has 0 aliphatic rings. The van der Waals surface area contributed by atoms with Gasteiger partial charge in [0, 0.05) is 6.20 Å². The predicted octanol–water partition coefficient (Wildman–Crippen LogP) is 2.80. The van der Waals surface area contributed by atoms with Crippen LogP contribution in [0.5, 0.6) is 0 Å². The van der Waals surface area contributed by atoms with E-state index in [-0.39, 0.29) is 28.6 Å². The molecule has 0 spiro atoms. The summed E-state index contributed by atoms with van der Waals surface area (Å²) in [5.41, 5.74) is 11.6. The highest BCUT2D eigenvalue weighted by Crippen LogP contribution is 2.32. The minimum atomic E-state index is 0.180. The van der Waals surface area contributed by atoms with Crippen LogP contribution in [0.1, 0.15) is 11.1 Å². The molecule has 0 bridgehead atoms. The summed E-state index contributed by atoms with van der Waals surface area (Å²) in [5, 5.41) is 16.9. The van der Waals surface area contributed by atoms with Crippen LogP contribution in [-0.4, -0.2) is 9.97 Å². The first-order valence-corrected chi connectivity index (χ1v) is 5.98. The third-order valence-corrected chi connectivity index (χ3v) is 2.89. The third kappa shape index (κ3) is 3.13. The molecule has 0 atom stereocenters. The van der Waals surface area contributed by atoms with Crippen LogP contribution in [0.2, 0.25) is 0 Å². The number of hydrogen-bond acceptors (Lipinski definition) is 4. The van der Waals surface area contributed by atoms with E-state index in [0.717, 1.165) is 0 Å². The largest absolute Gasteiger partial charge is 0.394 e. The summed E-state index contributed by atoms with van der Waals surface area (Å²) >= 11 is 3.07. The fourth-order valence-corrected chi connectivity index (χ4v) is 1.82. The maximum absolute atomic E-state index is 8.54. The Hall–Kier alpha value is -3.40. The van der Waals surface area contributed by atoms with Gasteiger partial charge in [0.15, 0.2) is 0 Å². The molecule has 0 aliphatic carbocycles. The molecule has 21 heavy (non-hydrogen) atoms. The van der Waals surface area contributed by atoms with Gasteiger partial charge in [0.1, 0.15) is 11.6 Å². The maximum Gasteiger partial charge on any atom is 0.245 e. The van der Waals surface area contributed by atoms with Crippen molar-refractivity contribution in [2.75, 3.05) is 11.5 Å². The summed E-state index contributed by atoms with van der Waals surface area (Å²) in [4.78, 5) is 11.4. The lowest BCUT2D eigenvalue weighted by atomic mass is 10.3. The number of nitrogen functional groups attached to an aromatic ring is 2. The average Bonchev–Trinajstić information content (AvgIpc) is 2.97. The summed E-state index contributed by atoms with van der Waals surface area (Å²) in [6, 6.07) is 3.71. The monoisotopic (exact) mass is 342 g/mol. The summed E-state index contributed by atoms with van der Waals surface area (Å²) in [6.45, 7) is 13.3. The van der Waals surface area contributed by atoms with Crippen molar-refractivity contribution in [1.29, 1.82) is 10.5 Å². The Bertz CT molecular complexity index is 796. The highest BCUT2D eigenvalue weighted by molar-refractivity contribution is 9.10. The predicted molar refractivity (Wildman–Crippen MR) is 80.1 cm³/mol. The number of nitrogens with zero attached hydrogens (tertiary/aromatic N) is 4. The standard InChI is InChI=1S/C6H3BrN4.C6H4N4/c1-10-4-3(2-8)5(7)11-6(4)9;1-9-5-4(2-7)3-10-6(5)8/h11H,9H2;3,10H,8H2. The van der Waals surface area contributed by atoms with Crippen molar-refractivity contribution < 1.29 is 0 Å². The second-order valence-electron chi connectivity index (χ2n) is 3.49. The van der Waals surface area contributed by atoms with Crippen LogP contribution in [0.3, 0.4) is 0 Å². The minimum absolute atomic E-state index is 0.180. The molecule has 2 aromatic rings. The van der Waals surface area contributed by atoms with Crippen molar-refractivity contribution in [2.45, 2.75) is 0 Å². The number of H-pyrrole nitrogens is 2. The molecule has 0 unspecified atom stereocenters. The smallest absolute Gasteiger partial charge is 0.245 e. The van der Waals surface area contributed by atoms with Gasteiger partial charge in [-0.05, 0) is 15.9 Å².